The van der Waals surface area contributed by atoms with Crippen LogP contribution in [0.5, 0.6) is 0 Å². The van der Waals surface area contributed by atoms with Crippen molar-refractivity contribution in [2.24, 2.45) is 11.8 Å². The summed E-state index contributed by atoms with van der Waals surface area (Å²) in [6.07, 6.45) is 0. The molecule has 0 N–H and O–H groups in total. The molecule has 0 aromatic carbocycles. The van der Waals surface area contributed by atoms with Gasteiger partial charge < -0.3 is 0 Å². The van der Waals surface area contributed by atoms with Gasteiger partial charge >= 0.3 is 86.0 Å². The van der Waals surface area contributed by atoms with Crippen molar-refractivity contribution in [3.63, 3.8) is 0 Å². The molecular weight excluding hydrogens is 1200 g/mol. The normalized spacial score (nSPS) is 7.57. The molecule has 0 saturated carbocycles. The van der Waals surface area contributed by atoms with E-state index in [1.54, 1.807) is 46.5 Å². The molecule has 0 amide bonds. The van der Waals surface area contributed by atoms with Crippen molar-refractivity contribution in [1.29, 1.82) is 0 Å². The Kier molecular flexibility index (Phi) is 37.0. The number of hydrogen-bond acceptors (Lipinski definition) is 0. The molecule has 6 heteroatoms. The number of rotatable bonds is 3. The van der Waals surface area contributed by atoms with Gasteiger partial charge in [-0.05, 0) is 0 Å². The molecule has 0 fully saturated rings. The molecular formula is C8H14W6. The Morgan fingerprint density at radius 2 is 0.786 bits per heavy atom. The molecule has 0 heterocycles. The molecule has 0 atom stereocenters. The van der Waals surface area contributed by atoms with Crippen molar-refractivity contribution in [3.05, 3.63) is 0 Å². The molecule has 82 valence electrons. The summed E-state index contributed by atoms with van der Waals surface area (Å²) in [5.41, 5.74) is 0. The standard InChI is InChI=1S/C8H14.6W/c1-7(2)5-6-8(3)4;;;;;;/h7-8H,1-4H3;;;;;;. The van der Waals surface area contributed by atoms with Crippen LogP contribution in [0.1, 0.15) is 27.7 Å². The first-order valence-electron chi connectivity index (χ1n) is 3.54. The Morgan fingerprint density at radius 3 is 0.857 bits per heavy atom. The van der Waals surface area contributed by atoms with Crippen LogP contribution in [-0.4, -0.2) is 7.80 Å². The van der Waals surface area contributed by atoms with Crippen molar-refractivity contribution in [3.8, 4) is 0 Å². The van der Waals surface area contributed by atoms with E-state index in [2.05, 4.69) is 27.7 Å². The van der Waals surface area contributed by atoms with E-state index in [9.17, 15) is 0 Å². The molecule has 0 aromatic heterocycles. The van der Waals surface area contributed by atoms with Gasteiger partial charge in [-0.2, -0.15) is 0 Å². The minimum absolute atomic E-state index is 0. The van der Waals surface area contributed by atoms with Gasteiger partial charge in [0.05, 0.1) is 0 Å². The molecule has 0 bridgehead atoms. The first-order valence-corrected chi connectivity index (χ1v) is 6.48. The SMILES string of the molecule is CC(C)[C](=[W])[C](=[W])C(C)C.[W].[W].[W].[W]. The molecule has 0 spiro atoms. The van der Waals surface area contributed by atoms with Crippen molar-refractivity contribution in [1.82, 2.24) is 0 Å². The van der Waals surface area contributed by atoms with Gasteiger partial charge in [-0.1, -0.05) is 0 Å². The summed E-state index contributed by atoms with van der Waals surface area (Å²) in [7, 11) is 0. The maximum absolute atomic E-state index is 2.29. The van der Waals surface area contributed by atoms with Crippen LogP contribution in [0.15, 0.2) is 0 Å². The zero-order valence-corrected chi connectivity index (χ0v) is 26.2. The first-order chi connectivity index (χ1) is 4.46. The van der Waals surface area contributed by atoms with Gasteiger partial charge in [0, 0.05) is 84.3 Å². The van der Waals surface area contributed by atoms with Gasteiger partial charge in [0.1, 0.15) is 0 Å². The van der Waals surface area contributed by atoms with E-state index in [0.29, 0.717) is 0 Å². The smallest absolute Gasteiger partial charge is 0 e. The molecule has 14 heavy (non-hydrogen) atoms. The third-order valence-corrected chi connectivity index (χ3v) is 8.28. The van der Waals surface area contributed by atoms with Gasteiger partial charge in [0.25, 0.3) is 0 Å². The van der Waals surface area contributed by atoms with Gasteiger partial charge in [-0.15, -0.1) is 0 Å². The Labute approximate surface area is 167 Å². The van der Waals surface area contributed by atoms with E-state index in [0.717, 1.165) is 11.8 Å². The van der Waals surface area contributed by atoms with E-state index >= 15 is 0 Å². The maximum atomic E-state index is 2.29. The molecule has 0 unspecified atom stereocenters. The molecule has 0 rings (SSSR count). The van der Waals surface area contributed by atoms with Crippen LogP contribution in [0.25, 0.3) is 0 Å². The minimum Gasteiger partial charge on any atom is 0 e. The Balaban J connectivity index is -0.0000000675. The van der Waals surface area contributed by atoms with Gasteiger partial charge in [0.2, 0.25) is 0 Å². The van der Waals surface area contributed by atoms with Gasteiger partial charge in [-0.3, -0.25) is 0 Å². The summed E-state index contributed by atoms with van der Waals surface area (Å²) in [5.74, 6) is 1.54. The quantitative estimate of drug-likeness (QED) is 0.405. The fourth-order valence-corrected chi connectivity index (χ4v) is 2.26. The van der Waals surface area contributed by atoms with Crippen LogP contribution in [0.3, 0.4) is 0 Å². The second kappa shape index (κ2) is 16.9. The zero-order valence-electron chi connectivity index (χ0n) is 8.60. The van der Waals surface area contributed by atoms with Gasteiger partial charge in [0.15, 0.2) is 0 Å². The van der Waals surface area contributed by atoms with Crippen LogP contribution in [0, 0.1) is 11.8 Å². The second-order valence-electron chi connectivity index (χ2n) is 3.04. The van der Waals surface area contributed by atoms with Crippen LogP contribution in [0.2, 0.25) is 0 Å². The summed E-state index contributed by atoms with van der Waals surface area (Å²) < 4.78 is 3.34. The summed E-state index contributed by atoms with van der Waals surface area (Å²) in [4.78, 5) is 0. The molecule has 0 saturated heterocycles. The summed E-state index contributed by atoms with van der Waals surface area (Å²) in [6.45, 7) is 9.14. The average Bonchev–Trinajstić information content (AvgIpc) is 1.84. The van der Waals surface area contributed by atoms with Crippen molar-refractivity contribution >= 4 is 7.80 Å². The van der Waals surface area contributed by atoms with Crippen LogP contribution < -0.4 is 0 Å². The van der Waals surface area contributed by atoms with Gasteiger partial charge in [-0.25, -0.2) is 0 Å². The first kappa shape index (κ1) is 30.7. The van der Waals surface area contributed by atoms with E-state index in [-0.39, 0.29) is 84.3 Å². The van der Waals surface area contributed by atoms with Crippen molar-refractivity contribution in [2.45, 2.75) is 27.7 Å². The third kappa shape index (κ3) is 13.9. The molecule has 0 aliphatic heterocycles. The molecule has 0 nitrogen and oxygen atoms in total. The fraction of sp³-hybridized carbons (Fsp3) is 0.750. The van der Waals surface area contributed by atoms with Crippen molar-refractivity contribution in [2.75, 3.05) is 0 Å². The predicted molar refractivity (Wildman–Crippen MR) is 39.7 cm³/mol. The maximum Gasteiger partial charge on any atom is 0 e. The zero-order chi connectivity index (χ0) is 8.31. The minimum atomic E-state index is 0. The Morgan fingerprint density at radius 1 is 0.643 bits per heavy atom. The predicted octanol–water partition coefficient (Wildman–Crippen LogP) is 1.73. The molecule has 0 aliphatic carbocycles. The summed E-state index contributed by atoms with van der Waals surface area (Å²) in [5, 5.41) is 0. The molecule has 0 radical (unpaired) electrons. The van der Waals surface area contributed by atoms with Crippen LogP contribution >= 0.6 is 0 Å². The second-order valence-corrected chi connectivity index (χ2v) is 6.20. The fourth-order valence-electron chi connectivity index (χ4n) is 0.569. The Hall–Kier alpha value is 3.87. The monoisotopic (exact) mass is 1210 g/mol. The molecule has 0 aliphatic rings. The number of hydrogen-bond donors (Lipinski definition) is 0. The summed E-state index contributed by atoms with van der Waals surface area (Å²) in [6, 6.07) is 0. The van der Waals surface area contributed by atoms with Crippen molar-refractivity contribution < 1.29 is 123 Å². The third-order valence-electron chi connectivity index (χ3n) is 1.29. The van der Waals surface area contributed by atoms with Crippen LogP contribution in [0.4, 0.5) is 0 Å². The summed E-state index contributed by atoms with van der Waals surface area (Å²) >= 11 is 3.31. The van der Waals surface area contributed by atoms with E-state index in [1.807, 2.05) is 0 Å². The average molecular weight is 1210 g/mol. The topological polar surface area (TPSA) is 0 Å². The Bertz CT molecular complexity index is 134. The largest absolute Gasteiger partial charge is 0 e. The van der Waals surface area contributed by atoms with E-state index < -0.39 is 0 Å². The van der Waals surface area contributed by atoms with E-state index in [1.165, 1.54) is 0 Å². The molecule has 0 aromatic rings. The van der Waals surface area contributed by atoms with Crippen LogP contribution in [-0.2, 0) is 123 Å². The van der Waals surface area contributed by atoms with E-state index in [4.69, 9.17) is 0 Å².